The van der Waals surface area contributed by atoms with E-state index in [0.29, 0.717) is 31.0 Å². The van der Waals surface area contributed by atoms with Crippen molar-refractivity contribution in [2.45, 2.75) is 25.4 Å². The van der Waals surface area contributed by atoms with Gasteiger partial charge < -0.3 is 19.5 Å². The second-order valence-corrected chi connectivity index (χ2v) is 6.50. The van der Waals surface area contributed by atoms with Crippen molar-refractivity contribution in [2.75, 3.05) is 26.8 Å². The summed E-state index contributed by atoms with van der Waals surface area (Å²) in [4.78, 5) is 14.5. The van der Waals surface area contributed by atoms with Gasteiger partial charge >= 0.3 is 0 Å². The quantitative estimate of drug-likeness (QED) is 0.864. The summed E-state index contributed by atoms with van der Waals surface area (Å²) in [6, 6.07) is 15.1. The molecular weight excluding hydrogens is 330 g/mol. The summed E-state index contributed by atoms with van der Waals surface area (Å²) < 4.78 is 10.9. The van der Waals surface area contributed by atoms with Crippen LogP contribution >= 0.6 is 0 Å². The van der Waals surface area contributed by atoms with Crippen molar-refractivity contribution in [1.29, 1.82) is 0 Å². The van der Waals surface area contributed by atoms with E-state index in [4.69, 9.17) is 9.47 Å². The number of amides is 1. The zero-order valence-electron chi connectivity index (χ0n) is 15.1. The van der Waals surface area contributed by atoms with Crippen molar-refractivity contribution >= 4 is 5.91 Å². The maximum atomic E-state index is 12.7. The number of hydrogen-bond donors (Lipinski definition) is 1. The molecule has 0 spiro atoms. The van der Waals surface area contributed by atoms with Gasteiger partial charge in [0.05, 0.1) is 25.4 Å². The molecule has 1 aliphatic heterocycles. The second kappa shape index (κ2) is 8.72. The molecule has 1 saturated heterocycles. The number of hydrogen-bond acceptors (Lipinski definition) is 4. The van der Waals surface area contributed by atoms with Crippen molar-refractivity contribution in [2.24, 2.45) is 0 Å². The standard InChI is InChI=1S/C21H25NO4/c1-25-17-10-11-19(20(23)14-17)21(24)22-12-13-26-18(15-22)9-5-8-16-6-3-2-4-7-16/h2-4,6-7,10-11,14,18,23H,5,8-9,12-13,15H2,1H3/t18-/m1/s1. The lowest BCUT2D eigenvalue weighted by Crippen LogP contribution is -2.45. The zero-order valence-corrected chi connectivity index (χ0v) is 15.1. The highest BCUT2D eigenvalue weighted by Gasteiger charge is 2.26. The van der Waals surface area contributed by atoms with Crippen LogP contribution < -0.4 is 4.74 Å². The van der Waals surface area contributed by atoms with Crippen LogP contribution in [0.15, 0.2) is 48.5 Å². The second-order valence-electron chi connectivity index (χ2n) is 6.50. The fourth-order valence-corrected chi connectivity index (χ4v) is 3.25. The number of carbonyl (C=O) groups excluding carboxylic acids is 1. The van der Waals surface area contributed by atoms with Crippen molar-refractivity contribution in [1.82, 2.24) is 4.90 Å². The predicted molar refractivity (Wildman–Crippen MR) is 99.7 cm³/mol. The van der Waals surface area contributed by atoms with Gasteiger partial charge in [0.15, 0.2) is 0 Å². The summed E-state index contributed by atoms with van der Waals surface area (Å²) >= 11 is 0. The van der Waals surface area contributed by atoms with Crippen molar-refractivity contribution in [3.05, 3.63) is 59.7 Å². The molecule has 1 atom stereocenters. The highest BCUT2D eigenvalue weighted by Crippen LogP contribution is 2.25. The topological polar surface area (TPSA) is 59.0 Å². The first-order valence-corrected chi connectivity index (χ1v) is 8.99. The Balaban J connectivity index is 1.55. The molecule has 26 heavy (non-hydrogen) atoms. The smallest absolute Gasteiger partial charge is 0.257 e. The first kappa shape index (κ1) is 18.3. The van der Waals surface area contributed by atoms with Crippen LogP contribution in [0.5, 0.6) is 11.5 Å². The van der Waals surface area contributed by atoms with E-state index in [1.54, 1.807) is 17.0 Å². The molecule has 1 heterocycles. The minimum atomic E-state index is -0.165. The van der Waals surface area contributed by atoms with E-state index in [-0.39, 0.29) is 17.8 Å². The van der Waals surface area contributed by atoms with E-state index in [2.05, 4.69) is 12.1 Å². The minimum Gasteiger partial charge on any atom is -0.507 e. The van der Waals surface area contributed by atoms with Crippen LogP contribution in [-0.2, 0) is 11.2 Å². The summed E-state index contributed by atoms with van der Waals surface area (Å²) in [5, 5.41) is 10.1. The summed E-state index contributed by atoms with van der Waals surface area (Å²) in [6.07, 6.45) is 2.97. The Morgan fingerprint density at radius 1 is 1.27 bits per heavy atom. The lowest BCUT2D eigenvalue weighted by molar-refractivity contribution is -0.0255. The number of aryl methyl sites for hydroxylation is 1. The zero-order chi connectivity index (χ0) is 18.4. The summed E-state index contributed by atoms with van der Waals surface area (Å²) in [5.41, 5.74) is 1.62. The van der Waals surface area contributed by atoms with Gasteiger partial charge in [-0.15, -0.1) is 0 Å². The van der Waals surface area contributed by atoms with Crippen molar-refractivity contribution < 1.29 is 19.4 Å². The van der Waals surface area contributed by atoms with Crippen LogP contribution in [0.2, 0.25) is 0 Å². The number of methoxy groups -OCH3 is 1. The van der Waals surface area contributed by atoms with Gasteiger partial charge in [0.1, 0.15) is 11.5 Å². The van der Waals surface area contributed by atoms with Gasteiger partial charge in [-0.1, -0.05) is 30.3 Å². The molecule has 0 bridgehead atoms. The Hall–Kier alpha value is -2.53. The van der Waals surface area contributed by atoms with Gasteiger partial charge in [0.2, 0.25) is 0 Å². The number of morpholine rings is 1. The molecule has 2 aromatic carbocycles. The molecule has 0 aromatic heterocycles. The summed E-state index contributed by atoms with van der Waals surface area (Å²) in [7, 11) is 1.53. The third kappa shape index (κ3) is 4.55. The lowest BCUT2D eigenvalue weighted by atomic mass is 10.0. The Bertz CT molecular complexity index is 732. The molecule has 1 fully saturated rings. The minimum absolute atomic E-state index is 0.0387. The van der Waals surface area contributed by atoms with E-state index in [1.165, 1.54) is 18.7 Å². The fourth-order valence-electron chi connectivity index (χ4n) is 3.25. The number of phenolic OH excluding ortho intramolecular Hbond substituents is 1. The van der Waals surface area contributed by atoms with Gasteiger partial charge in [0, 0.05) is 19.2 Å². The van der Waals surface area contributed by atoms with E-state index in [0.717, 1.165) is 19.3 Å². The summed E-state index contributed by atoms with van der Waals surface area (Å²) in [6.45, 7) is 1.62. The molecule has 1 amide bonds. The molecule has 138 valence electrons. The average molecular weight is 355 g/mol. The van der Waals surface area contributed by atoms with E-state index >= 15 is 0 Å². The Labute approximate surface area is 154 Å². The highest BCUT2D eigenvalue weighted by atomic mass is 16.5. The maximum absolute atomic E-state index is 12.7. The van der Waals surface area contributed by atoms with Crippen LogP contribution in [0.1, 0.15) is 28.8 Å². The third-order valence-corrected chi connectivity index (χ3v) is 4.70. The van der Waals surface area contributed by atoms with Crippen LogP contribution in [0.4, 0.5) is 0 Å². The molecule has 3 rings (SSSR count). The van der Waals surface area contributed by atoms with E-state index < -0.39 is 0 Å². The number of nitrogens with zero attached hydrogens (tertiary/aromatic N) is 1. The van der Waals surface area contributed by atoms with Gasteiger partial charge in [-0.3, -0.25) is 4.79 Å². The van der Waals surface area contributed by atoms with Crippen molar-refractivity contribution in [3.63, 3.8) is 0 Å². The SMILES string of the molecule is COc1ccc(C(=O)N2CCO[C@H](CCCc3ccccc3)C2)c(O)c1. The molecule has 5 nitrogen and oxygen atoms in total. The molecule has 1 aliphatic rings. The first-order chi connectivity index (χ1) is 12.7. The number of ether oxygens (including phenoxy) is 2. The maximum Gasteiger partial charge on any atom is 0.257 e. The molecule has 0 unspecified atom stereocenters. The Morgan fingerprint density at radius 2 is 2.08 bits per heavy atom. The van der Waals surface area contributed by atoms with Crippen LogP contribution in [0.25, 0.3) is 0 Å². The molecule has 2 aromatic rings. The van der Waals surface area contributed by atoms with Gasteiger partial charge in [-0.05, 0) is 37.0 Å². The first-order valence-electron chi connectivity index (χ1n) is 8.99. The number of carbonyl (C=O) groups is 1. The highest BCUT2D eigenvalue weighted by molar-refractivity contribution is 5.97. The van der Waals surface area contributed by atoms with Crippen LogP contribution in [-0.4, -0.2) is 48.8 Å². The fraction of sp³-hybridized carbons (Fsp3) is 0.381. The van der Waals surface area contributed by atoms with Gasteiger partial charge in [-0.2, -0.15) is 0 Å². The monoisotopic (exact) mass is 355 g/mol. The number of aromatic hydroxyl groups is 1. The average Bonchev–Trinajstić information content (AvgIpc) is 2.68. The van der Waals surface area contributed by atoms with E-state index in [9.17, 15) is 9.90 Å². The molecule has 0 radical (unpaired) electrons. The summed E-state index contributed by atoms with van der Waals surface area (Å²) in [5.74, 6) is 0.308. The van der Waals surface area contributed by atoms with Crippen LogP contribution in [0.3, 0.4) is 0 Å². The number of benzene rings is 2. The Morgan fingerprint density at radius 3 is 2.81 bits per heavy atom. The van der Waals surface area contributed by atoms with Crippen molar-refractivity contribution in [3.8, 4) is 11.5 Å². The normalized spacial score (nSPS) is 17.1. The van der Waals surface area contributed by atoms with Crippen LogP contribution in [0, 0.1) is 0 Å². The van der Waals surface area contributed by atoms with Gasteiger partial charge in [0.25, 0.3) is 5.91 Å². The van der Waals surface area contributed by atoms with E-state index in [1.807, 2.05) is 18.2 Å². The molecule has 1 N–H and O–H groups in total. The predicted octanol–water partition coefficient (Wildman–Crippen LogP) is 3.26. The number of phenols is 1. The largest absolute Gasteiger partial charge is 0.507 e. The third-order valence-electron chi connectivity index (χ3n) is 4.70. The van der Waals surface area contributed by atoms with Gasteiger partial charge in [-0.25, -0.2) is 0 Å². The molecule has 0 aliphatic carbocycles. The molecule has 5 heteroatoms. The molecular formula is C21H25NO4. The number of rotatable bonds is 6. The molecule has 0 saturated carbocycles. The Kier molecular flexibility index (Phi) is 6.12. The lowest BCUT2D eigenvalue weighted by Gasteiger charge is -2.33.